The van der Waals surface area contributed by atoms with Crippen LogP contribution in [0.25, 0.3) is 0 Å². The van der Waals surface area contributed by atoms with Gasteiger partial charge in [0.15, 0.2) is 0 Å². The van der Waals surface area contributed by atoms with E-state index < -0.39 is 0 Å². The quantitative estimate of drug-likeness (QED) is 0.859. The summed E-state index contributed by atoms with van der Waals surface area (Å²) in [6, 6.07) is 7.55. The zero-order valence-electron chi connectivity index (χ0n) is 10.5. The van der Waals surface area contributed by atoms with Crippen LogP contribution in [-0.4, -0.2) is 23.8 Å². The Hall–Kier alpha value is -0.930. The summed E-state index contributed by atoms with van der Waals surface area (Å²) in [6.07, 6.45) is 4.07. The molecule has 0 aliphatic heterocycles. The van der Waals surface area contributed by atoms with Crippen LogP contribution in [0.1, 0.15) is 37.2 Å². The maximum absolute atomic E-state index is 13.1. The SMILES string of the molecule is OC1CC(CNC2CC(c3cccc(F)c3)C2)C1. The summed E-state index contributed by atoms with van der Waals surface area (Å²) in [4.78, 5) is 0. The van der Waals surface area contributed by atoms with Crippen molar-refractivity contribution in [2.75, 3.05) is 6.54 Å². The van der Waals surface area contributed by atoms with Gasteiger partial charge < -0.3 is 10.4 Å². The Kier molecular flexibility index (Phi) is 3.35. The molecule has 18 heavy (non-hydrogen) atoms. The summed E-state index contributed by atoms with van der Waals surface area (Å²) in [5.74, 6) is 1.05. The minimum atomic E-state index is -0.132. The third-order valence-electron chi connectivity index (χ3n) is 4.36. The van der Waals surface area contributed by atoms with Crippen LogP contribution in [0.4, 0.5) is 4.39 Å². The second-order valence-corrected chi connectivity index (χ2v) is 5.82. The predicted molar refractivity (Wildman–Crippen MR) is 68.9 cm³/mol. The molecule has 0 radical (unpaired) electrons. The smallest absolute Gasteiger partial charge is 0.123 e. The van der Waals surface area contributed by atoms with Crippen molar-refractivity contribution in [3.63, 3.8) is 0 Å². The molecule has 0 heterocycles. The Morgan fingerprint density at radius 1 is 1.22 bits per heavy atom. The van der Waals surface area contributed by atoms with E-state index >= 15 is 0 Å². The normalized spacial score (nSPS) is 34.8. The van der Waals surface area contributed by atoms with Crippen molar-refractivity contribution in [1.82, 2.24) is 5.32 Å². The molecular formula is C15H20FNO. The molecule has 2 nitrogen and oxygen atoms in total. The lowest BCUT2D eigenvalue weighted by Crippen LogP contribution is -2.45. The topological polar surface area (TPSA) is 32.3 Å². The van der Waals surface area contributed by atoms with Crippen molar-refractivity contribution in [2.45, 2.75) is 43.7 Å². The van der Waals surface area contributed by atoms with Crippen LogP contribution in [0.3, 0.4) is 0 Å². The highest BCUT2D eigenvalue weighted by atomic mass is 19.1. The fourth-order valence-corrected chi connectivity index (χ4v) is 3.02. The van der Waals surface area contributed by atoms with Crippen molar-refractivity contribution in [3.05, 3.63) is 35.6 Å². The second kappa shape index (κ2) is 4.98. The maximum atomic E-state index is 13.1. The molecule has 0 bridgehead atoms. The molecule has 2 fully saturated rings. The number of halogens is 1. The fraction of sp³-hybridized carbons (Fsp3) is 0.600. The summed E-state index contributed by atoms with van der Waals surface area (Å²) >= 11 is 0. The minimum absolute atomic E-state index is 0.0572. The molecule has 3 heteroatoms. The minimum Gasteiger partial charge on any atom is -0.393 e. The van der Waals surface area contributed by atoms with Crippen molar-refractivity contribution in [1.29, 1.82) is 0 Å². The Balaban J connectivity index is 1.40. The van der Waals surface area contributed by atoms with Crippen molar-refractivity contribution < 1.29 is 9.50 Å². The monoisotopic (exact) mass is 249 g/mol. The molecule has 1 aromatic carbocycles. The molecule has 2 aliphatic rings. The zero-order valence-corrected chi connectivity index (χ0v) is 10.5. The first kappa shape index (κ1) is 12.1. The number of rotatable bonds is 4. The first-order valence-electron chi connectivity index (χ1n) is 6.87. The molecule has 2 N–H and O–H groups in total. The van der Waals surface area contributed by atoms with Gasteiger partial charge >= 0.3 is 0 Å². The van der Waals surface area contributed by atoms with Crippen molar-refractivity contribution >= 4 is 0 Å². The molecule has 1 aromatic rings. The molecule has 3 rings (SSSR count). The third kappa shape index (κ3) is 2.57. The van der Waals surface area contributed by atoms with E-state index in [1.807, 2.05) is 6.07 Å². The summed E-state index contributed by atoms with van der Waals surface area (Å²) < 4.78 is 13.1. The molecule has 0 aromatic heterocycles. The largest absolute Gasteiger partial charge is 0.393 e. The molecule has 0 amide bonds. The van der Waals surface area contributed by atoms with Crippen LogP contribution in [0.5, 0.6) is 0 Å². The second-order valence-electron chi connectivity index (χ2n) is 5.82. The Morgan fingerprint density at radius 3 is 2.67 bits per heavy atom. The average Bonchev–Trinajstić information content (AvgIpc) is 2.24. The number of benzene rings is 1. The van der Waals surface area contributed by atoms with Gasteiger partial charge in [0.1, 0.15) is 5.82 Å². The molecule has 0 saturated heterocycles. The number of aliphatic hydroxyl groups excluding tert-OH is 1. The summed E-state index contributed by atoms with van der Waals surface area (Å²) in [5.41, 5.74) is 1.13. The lowest BCUT2D eigenvalue weighted by Gasteiger charge is -2.39. The van der Waals surface area contributed by atoms with E-state index in [9.17, 15) is 9.50 Å². The van der Waals surface area contributed by atoms with Crippen LogP contribution in [-0.2, 0) is 0 Å². The first-order valence-corrected chi connectivity index (χ1v) is 6.87. The molecule has 2 saturated carbocycles. The van der Waals surface area contributed by atoms with Gasteiger partial charge in [0, 0.05) is 6.04 Å². The van der Waals surface area contributed by atoms with Gasteiger partial charge in [-0.3, -0.25) is 0 Å². The highest BCUT2D eigenvalue weighted by Crippen LogP contribution is 2.37. The lowest BCUT2D eigenvalue weighted by atomic mass is 9.75. The van der Waals surface area contributed by atoms with Crippen LogP contribution in [0.2, 0.25) is 0 Å². The number of hydrogen-bond acceptors (Lipinski definition) is 2. The van der Waals surface area contributed by atoms with Gasteiger partial charge in [0.05, 0.1) is 6.10 Å². The highest BCUT2D eigenvalue weighted by molar-refractivity contribution is 5.23. The number of nitrogens with one attached hydrogen (secondary N) is 1. The molecule has 98 valence electrons. The van der Waals surface area contributed by atoms with Gasteiger partial charge in [-0.2, -0.15) is 0 Å². The van der Waals surface area contributed by atoms with E-state index in [0.717, 1.165) is 37.8 Å². The van der Waals surface area contributed by atoms with Gasteiger partial charge in [-0.15, -0.1) is 0 Å². The molecule has 2 aliphatic carbocycles. The van der Waals surface area contributed by atoms with E-state index in [4.69, 9.17) is 0 Å². The molecule has 0 unspecified atom stereocenters. The predicted octanol–water partition coefficient (Wildman–Crippen LogP) is 2.43. The van der Waals surface area contributed by atoms with Crippen molar-refractivity contribution in [3.8, 4) is 0 Å². The first-order chi connectivity index (χ1) is 8.70. The van der Waals surface area contributed by atoms with Gasteiger partial charge in [-0.1, -0.05) is 12.1 Å². The lowest BCUT2D eigenvalue weighted by molar-refractivity contribution is 0.0400. The van der Waals surface area contributed by atoms with Crippen LogP contribution < -0.4 is 5.32 Å². The summed E-state index contributed by atoms with van der Waals surface area (Å²) in [5, 5.41) is 12.8. The Bertz CT molecular complexity index is 411. The maximum Gasteiger partial charge on any atom is 0.123 e. The van der Waals surface area contributed by atoms with Gasteiger partial charge in [0.25, 0.3) is 0 Å². The van der Waals surface area contributed by atoms with Gasteiger partial charge in [-0.05, 0) is 61.8 Å². The third-order valence-corrected chi connectivity index (χ3v) is 4.36. The molecule has 0 atom stereocenters. The van der Waals surface area contributed by atoms with Crippen LogP contribution >= 0.6 is 0 Å². The van der Waals surface area contributed by atoms with Crippen molar-refractivity contribution in [2.24, 2.45) is 5.92 Å². The van der Waals surface area contributed by atoms with E-state index in [1.165, 1.54) is 6.07 Å². The number of hydrogen-bond donors (Lipinski definition) is 2. The Labute approximate surface area is 107 Å². The zero-order chi connectivity index (χ0) is 12.5. The van der Waals surface area contributed by atoms with Gasteiger partial charge in [-0.25, -0.2) is 4.39 Å². The van der Waals surface area contributed by atoms with Crippen LogP contribution in [0, 0.1) is 11.7 Å². The standard InChI is InChI=1S/C15H20FNO/c16-13-3-1-2-11(6-13)12-7-14(8-12)17-9-10-4-15(18)5-10/h1-3,6,10,12,14-15,17-18H,4-5,7-9H2. The average molecular weight is 249 g/mol. The fourth-order valence-electron chi connectivity index (χ4n) is 3.02. The van der Waals surface area contributed by atoms with E-state index in [1.54, 1.807) is 12.1 Å². The summed E-state index contributed by atoms with van der Waals surface area (Å²) in [6.45, 7) is 1.03. The van der Waals surface area contributed by atoms with E-state index in [-0.39, 0.29) is 11.9 Å². The Morgan fingerprint density at radius 2 is 2.00 bits per heavy atom. The number of aliphatic hydroxyl groups is 1. The molecular weight excluding hydrogens is 229 g/mol. The van der Waals surface area contributed by atoms with Crippen LogP contribution in [0.15, 0.2) is 24.3 Å². The van der Waals surface area contributed by atoms with E-state index in [2.05, 4.69) is 5.32 Å². The molecule has 0 spiro atoms. The van der Waals surface area contributed by atoms with Gasteiger partial charge in [0.2, 0.25) is 0 Å². The highest BCUT2D eigenvalue weighted by Gasteiger charge is 2.32. The summed E-state index contributed by atoms with van der Waals surface area (Å²) in [7, 11) is 0. The van der Waals surface area contributed by atoms with E-state index in [0.29, 0.717) is 17.9 Å².